The molecule has 0 aliphatic heterocycles. The summed E-state index contributed by atoms with van der Waals surface area (Å²) in [5.74, 6) is -0.923. The van der Waals surface area contributed by atoms with Crippen molar-refractivity contribution in [2.75, 3.05) is 12.4 Å². The molecule has 0 unspecified atom stereocenters. The Labute approximate surface area is 169 Å². The predicted molar refractivity (Wildman–Crippen MR) is 108 cm³/mol. The van der Waals surface area contributed by atoms with Gasteiger partial charge in [-0.25, -0.2) is 9.78 Å². The van der Waals surface area contributed by atoms with Crippen LogP contribution in [0.5, 0.6) is 5.75 Å². The minimum atomic E-state index is -0.620. The van der Waals surface area contributed by atoms with E-state index in [4.69, 9.17) is 9.47 Å². The monoisotopic (exact) mass is 415 g/mol. The van der Waals surface area contributed by atoms with Crippen LogP contribution in [0.2, 0.25) is 0 Å². The first-order chi connectivity index (χ1) is 13.8. The molecule has 150 valence electrons. The van der Waals surface area contributed by atoms with E-state index in [1.54, 1.807) is 32.0 Å². The van der Waals surface area contributed by atoms with Gasteiger partial charge in [0.25, 0.3) is 5.91 Å². The maximum atomic E-state index is 12.5. The van der Waals surface area contributed by atoms with Crippen molar-refractivity contribution in [2.45, 2.75) is 20.0 Å². The number of hydrogen-bond acceptors (Lipinski definition) is 8. The van der Waals surface area contributed by atoms with Crippen LogP contribution in [0.25, 0.3) is 10.2 Å². The number of hydrogen-bond donors (Lipinski definition) is 1. The molecule has 1 amide bonds. The second kappa shape index (κ2) is 8.23. The standard InChI is InChI=1S/C19H17N3O6S/c1-10(2)28-18(24)12-4-6-13-16(9-12)29-19(20-13)21-17(23)11-5-7-15(27-3)14(8-11)22(25)26/h4-10H,1-3H3,(H,20,21,23). The summed E-state index contributed by atoms with van der Waals surface area (Å²) in [6, 6.07) is 8.83. The largest absolute Gasteiger partial charge is 0.490 e. The number of nitrogens with one attached hydrogen (secondary N) is 1. The van der Waals surface area contributed by atoms with E-state index in [0.717, 1.165) is 6.07 Å². The molecule has 2 aromatic carbocycles. The summed E-state index contributed by atoms with van der Waals surface area (Å²) in [4.78, 5) is 39.3. The number of rotatable bonds is 6. The van der Waals surface area contributed by atoms with Gasteiger partial charge in [-0.3, -0.25) is 20.2 Å². The van der Waals surface area contributed by atoms with E-state index in [2.05, 4.69) is 10.3 Å². The Balaban J connectivity index is 1.83. The summed E-state index contributed by atoms with van der Waals surface area (Å²) >= 11 is 1.18. The maximum absolute atomic E-state index is 12.5. The minimum Gasteiger partial charge on any atom is -0.490 e. The highest BCUT2D eigenvalue weighted by molar-refractivity contribution is 7.22. The number of aromatic nitrogens is 1. The van der Waals surface area contributed by atoms with Crippen LogP contribution in [0.1, 0.15) is 34.6 Å². The Kier molecular flexibility index (Phi) is 5.74. The van der Waals surface area contributed by atoms with Crippen molar-refractivity contribution in [3.8, 4) is 5.75 Å². The zero-order valence-corrected chi connectivity index (χ0v) is 16.6. The smallest absolute Gasteiger partial charge is 0.338 e. The topological polar surface area (TPSA) is 121 Å². The molecular weight excluding hydrogens is 398 g/mol. The molecule has 0 fully saturated rings. The second-order valence-corrected chi connectivity index (χ2v) is 7.28. The minimum absolute atomic E-state index is 0.0624. The van der Waals surface area contributed by atoms with Crippen molar-refractivity contribution in [3.05, 3.63) is 57.6 Å². The number of methoxy groups -OCH3 is 1. The Hall–Kier alpha value is -3.53. The van der Waals surface area contributed by atoms with Gasteiger partial charge in [-0.05, 0) is 44.2 Å². The normalized spacial score (nSPS) is 10.8. The Morgan fingerprint density at radius 2 is 1.90 bits per heavy atom. The van der Waals surface area contributed by atoms with Gasteiger partial charge in [0.1, 0.15) is 0 Å². The van der Waals surface area contributed by atoms with Gasteiger partial charge in [0.15, 0.2) is 10.9 Å². The fourth-order valence-corrected chi connectivity index (χ4v) is 3.43. The van der Waals surface area contributed by atoms with E-state index in [0.29, 0.717) is 20.9 Å². The third-order valence-electron chi connectivity index (χ3n) is 3.83. The van der Waals surface area contributed by atoms with E-state index in [1.165, 1.54) is 30.6 Å². The second-order valence-electron chi connectivity index (χ2n) is 6.25. The number of nitro groups is 1. The SMILES string of the molecule is COc1ccc(C(=O)Nc2nc3ccc(C(=O)OC(C)C)cc3s2)cc1[N+](=O)[O-]. The van der Waals surface area contributed by atoms with Crippen LogP contribution < -0.4 is 10.1 Å². The molecule has 0 spiro atoms. The summed E-state index contributed by atoms with van der Waals surface area (Å²) in [6.07, 6.45) is -0.233. The van der Waals surface area contributed by atoms with Crippen molar-refractivity contribution in [1.29, 1.82) is 0 Å². The summed E-state index contributed by atoms with van der Waals surface area (Å²) in [7, 11) is 1.31. The van der Waals surface area contributed by atoms with Gasteiger partial charge in [-0.1, -0.05) is 11.3 Å². The summed E-state index contributed by atoms with van der Waals surface area (Å²) in [5, 5.41) is 14.1. The van der Waals surface area contributed by atoms with Crippen LogP contribution in [0.3, 0.4) is 0 Å². The lowest BCUT2D eigenvalue weighted by atomic mass is 10.2. The van der Waals surface area contributed by atoms with Crippen molar-refractivity contribution in [2.24, 2.45) is 0 Å². The van der Waals surface area contributed by atoms with Crippen LogP contribution in [0, 0.1) is 10.1 Å². The molecule has 29 heavy (non-hydrogen) atoms. The third kappa shape index (κ3) is 4.49. The van der Waals surface area contributed by atoms with Gasteiger partial charge in [-0.15, -0.1) is 0 Å². The average Bonchev–Trinajstić information content (AvgIpc) is 3.08. The van der Waals surface area contributed by atoms with Crippen molar-refractivity contribution in [3.63, 3.8) is 0 Å². The van der Waals surface area contributed by atoms with E-state index in [9.17, 15) is 19.7 Å². The first-order valence-electron chi connectivity index (χ1n) is 8.54. The lowest BCUT2D eigenvalue weighted by Gasteiger charge is -2.07. The molecule has 1 N–H and O–H groups in total. The number of ether oxygens (including phenoxy) is 2. The highest BCUT2D eigenvalue weighted by Gasteiger charge is 2.19. The molecule has 0 atom stereocenters. The first-order valence-corrected chi connectivity index (χ1v) is 9.35. The van der Waals surface area contributed by atoms with Gasteiger partial charge < -0.3 is 9.47 Å². The Bertz CT molecular complexity index is 1110. The highest BCUT2D eigenvalue weighted by atomic mass is 32.1. The lowest BCUT2D eigenvalue weighted by molar-refractivity contribution is -0.385. The number of nitro benzene ring substituents is 1. The van der Waals surface area contributed by atoms with Gasteiger partial charge in [-0.2, -0.15) is 0 Å². The number of nitrogens with zero attached hydrogens (tertiary/aromatic N) is 2. The van der Waals surface area contributed by atoms with Crippen LogP contribution in [-0.4, -0.2) is 35.0 Å². The first kappa shape index (κ1) is 20.2. The third-order valence-corrected chi connectivity index (χ3v) is 4.76. The molecule has 0 radical (unpaired) electrons. The number of benzene rings is 2. The lowest BCUT2D eigenvalue weighted by Crippen LogP contribution is -2.12. The molecule has 1 heterocycles. The van der Waals surface area contributed by atoms with E-state index < -0.39 is 16.8 Å². The van der Waals surface area contributed by atoms with Gasteiger partial charge >= 0.3 is 11.7 Å². The number of carbonyl (C=O) groups is 2. The predicted octanol–water partition coefficient (Wildman–Crippen LogP) is 4.03. The van der Waals surface area contributed by atoms with Crippen LogP contribution >= 0.6 is 11.3 Å². The summed E-state index contributed by atoms with van der Waals surface area (Å²) in [6.45, 7) is 3.53. The van der Waals surface area contributed by atoms with Crippen LogP contribution in [0.4, 0.5) is 10.8 Å². The van der Waals surface area contributed by atoms with Gasteiger partial charge in [0, 0.05) is 11.6 Å². The molecule has 3 rings (SSSR count). The van der Waals surface area contributed by atoms with Crippen molar-refractivity contribution in [1.82, 2.24) is 4.98 Å². The fraction of sp³-hybridized carbons (Fsp3) is 0.211. The number of carbonyl (C=O) groups excluding carboxylic acids is 2. The van der Waals surface area contributed by atoms with Gasteiger partial charge in [0.05, 0.1) is 33.9 Å². The summed E-state index contributed by atoms with van der Waals surface area (Å²) in [5.41, 5.74) is 0.779. The molecule has 9 nitrogen and oxygen atoms in total. The number of anilines is 1. The molecule has 0 aliphatic carbocycles. The Morgan fingerprint density at radius 3 is 2.55 bits per heavy atom. The number of amides is 1. The average molecular weight is 415 g/mol. The maximum Gasteiger partial charge on any atom is 0.338 e. The molecule has 10 heteroatoms. The number of fused-ring (bicyclic) bond motifs is 1. The van der Waals surface area contributed by atoms with E-state index >= 15 is 0 Å². The number of thiazole rings is 1. The van der Waals surface area contributed by atoms with Gasteiger partial charge in [0.2, 0.25) is 0 Å². The molecule has 3 aromatic rings. The molecule has 0 aliphatic rings. The summed E-state index contributed by atoms with van der Waals surface area (Å²) < 4.78 is 10.8. The zero-order chi connectivity index (χ0) is 21.1. The van der Waals surface area contributed by atoms with E-state index in [-0.39, 0.29) is 23.1 Å². The molecule has 0 saturated carbocycles. The van der Waals surface area contributed by atoms with Crippen LogP contribution in [-0.2, 0) is 4.74 Å². The van der Waals surface area contributed by atoms with Crippen molar-refractivity contribution < 1.29 is 24.0 Å². The highest BCUT2D eigenvalue weighted by Crippen LogP contribution is 2.30. The fourth-order valence-electron chi connectivity index (χ4n) is 2.53. The Morgan fingerprint density at radius 1 is 1.17 bits per heavy atom. The molecule has 1 aromatic heterocycles. The van der Waals surface area contributed by atoms with Crippen molar-refractivity contribution >= 4 is 44.2 Å². The quantitative estimate of drug-likeness (QED) is 0.366. The van der Waals surface area contributed by atoms with E-state index in [1.807, 2.05) is 0 Å². The molecule has 0 saturated heterocycles. The molecular formula is C19H17N3O6S. The zero-order valence-electron chi connectivity index (χ0n) is 15.8. The van der Waals surface area contributed by atoms with Crippen LogP contribution in [0.15, 0.2) is 36.4 Å². The number of esters is 1. The molecule has 0 bridgehead atoms.